The van der Waals surface area contributed by atoms with Gasteiger partial charge in [-0.2, -0.15) is 0 Å². The van der Waals surface area contributed by atoms with Crippen molar-refractivity contribution >= 4 is 16.0 Å². The van der Waals surface area contributed by atoms with Crippen LogP contribution in [0.4, 0.5) is 5.95 Å². The third-order valence-electron chi connectivity index (χ3n) is 2.45. The summed E-state index contributed by atoms with van der Waals surface area (Å²) >= 11 is 0. The van der Waals surface area contributed by atoms with Gasteiger partial charge in [-0.1, -0.05) is 13.8 Å². The molecule has 1 aromatic heterocycles. The Morgan fingerprint density at radius 2 is 1.95 bits per heavy atom. The van der Waals surface area contributed by atoms with Gasteiger partial charge in [-0.3, -0.25) is 5.43 Å². The van der Waals surface area contributed by atoms with Crippen LogP contribution in [0.1, 0.15) is 20.3 Å². The Bertz CT molecular complexity index is 489. The smallest absolute Gasteiger partial charge is 0.243 e. The van der Waals surface area contributed by atoms with Crippen molar-refractivity contribution in [1.82, 2.24) is 14.7 Å². The van der Waals surface area contributed by atoms with Gasteiger partial charge in [-0.15, -0.1) is 0 Å². The predicted octanol–water partition coefficient (Wildman–Crippen LogP) is 0.103. The number of sulfonamides is 1. The summed E-state index contributed by atoms with van der Waals surface area (Å²) in [4.78, 5) is 7.47. The van der Waals surface area contributed by atoms with E-state index in [1.165, 1.54) is 12.4 Å². The first-order valence-corrected chi connectivity index (χ1v) is 7.80. The summed E-state index contributed by atoms with van der Waals surface area (Å²) in [7, 11) is -3.61. The lowest BCUT2D eigenvalue weighted by atomic mass is 10.1. The molecule has 1 aromatic rings. The lowest BCUT2D eigenvalue weighted by Gasteiger charge is -2.08. The van der Waals surface area contributed by atoms with Gasteiger partial charge in [0, 0.05) is 13.2 Å². The minimum absolute atomic E-state index is 0.0151. The molecule has 0 aliphatic rings. The van der Waals surface area contributed by atoms with Gasteiger partial charge >= 0.3 is 0 Å². The highest BCUT2D eigenvalue weighted by molar-refractivity contribution is 7.89. The van der Waals surface area contributed by atoms with Crippen LogP contribution in [0, 0.1) is 5.92 Å². The lowest BCUT2D eigenvalue weighted by molar-refractivity contribution is 0.128. The second-order valence-electron chi connectivity index (χ2n) is 4.58. The zero-order valence-corrected chi connectivity index (χ0v) is 12.5. The molecule has 9 heteroatoms. The molecule has 1 rings (SSSR count). The standard InChI is InChI=1S/C11H21N5O3S/c1-9(2)3-5-19-6-4-15-20(17,18)10-7-13-11(16-12)14-8-10/h7-9,15H,3-6,12H2,1-2H3,(H,13,14,16). The molecule has 0 atom stereocenters. The van der Waals surface area contributed by atoms with E-state index in [1.807, 2.05) is 0 Å². The molecule has 0 saturated heterocycles. The van der Waals surface area contributed by atoms with Crippen molar-refractivity contribution in [1.29, 1.82) is 0 Å². The second kappa shape index (κ2) is 8.10. The van der Waals surface area contributed by atoms with Crippen LogP contribution in [0.2, 0.25) is 0 Å². The summed E-state index contributed by atoms with van der Waals surface area (Å²) in [6, 6.07) is 0. The number of nitrogens with two attached hydrogens (primary N) is 1. The van der Waals surface area contributed by atoms with E-state index in [-0.39, 0.29) is 17.4 Å². The summed E-state index contributed by atoms with van der Waals surface area (Å²) in [5, 5.41) is 0. The maximum atomic E-state index is 11.9. The maximum absolute atomic E-state index is 11.9. The molecule has 0 unspecified atom stereocenters. The van der Waals surface area contributed by atoms with Crippen LogP contribution in [0.3, 0.4) is 0 Å². The average Bonchev–Trinajstić information content (AvgIpc) is 2.42. The summed E-state index contributed by atoms with van der Waals surface area (Å²) in [6.07, 6.45) is 3.32. The number of nitrogens with one attached hydrogen (secondary N) is 2. The summed E-state index contributed by atoms with van der Waals surface area (Å²) in [5.74, 6) is 5.82. The Balaban J connectivity index is 2.37. The van der Waals surface area contributed by atoms with Crippen molar-refractivity contribution in [3.05, 3.63) is 12.4 Å². The monoisotopic (exact) mass is 303 g/mol. The van der Waals surface area contributed by atoms with Crippen molar-refractivity contribution in [2.24, 2.45) is 11.8 Å². The SMILES string of the molecule is CC(C)CCOCCNS(=O)(=O)c1cnc(NN)nc1. The number of nitrogens with zero attached hydrogens (tertiary/aromatic N) is 2. The highest BCUT2D eigenvalue weighted by Gasteiger charge is 2.14. The lowest BCUT2D eigenvalue weighted by Crippen LogP contribution is -2.28. The van der Waals surface area contributed by atoms with E-state index >= 15 is 0 Å². The molecule has 8 nitrogen and oxygen atoms in total. The van der Waals surface area contributed by atoms with Gasteiger partial charge in [0.25, 0.3) is 0 Å². The number of rotatable bonds is 9. The van der Waals surface area contributed by atoms with Gasteiger partial charge < -0.3 is 4.74 Å². The molecule has 0 amide bonds. The number of aromatic nitrogens is 2. The number of nitrogen functional groups attached to an aromatic ring is 1. The molecule has 20 heavy (non-hydrogen) atoms. The fourth-order valence-corrected chi connectivity index (χ4v) is 2.18. The van der Waals surface area contributed by atoms with Gasteiger partial charge in [0.15, 0.2) is 0 Å². The van der Waals surface area contributed by atoms with Gasteiger partial charge in [0.05, 0.1) is 19.0 Å². The molecule has 0 radical (unpaired) electrons. The molecule has 0 fully saturated rings. The summed E-state index contributed by atoms with van der Waals surface area (Å²) in [6.45, 7) is 5.36. The van der Waals surface area contributed by atoms with Crippen LogP contribution in [-0.2, 0) is 14.8 Å². The Morgan fingerprint density at radius 1 is 1.30 bits per heavy atom. The number of anilines is 1. The molecule has 0 spiro atoms. The molecular formula is C11H21N5O3S. The Hall–Kier alpha value is -1.29. The molecule has 4 N–H and O–H groups in total. The largest absolute Gasteiger partial charge is 0.380 e. The van der Waals surface area contributed by atoms with E-state index in [1.54, 1.807) is 0 Å². The fourth-order valence-electron chi connectivity index (χ4n) is 1.28. The van der Waals surface area contributed by atoms with Crippen LogP contribution >= 0.6 is 0 Å². The zero-order chi connectivity index (χ0) is 15.0. The van der Waals surface area contributed by atoms with Crippen LogP contribution in [0.25, 0.3) is 0 Å². The molecule has 0 aromatic carbocycles. The molecule has 0 aliphatic carbocycles. The van der Waals surface area contributed by atoms with E-state index in [9.17, 15) is 8.42 Å². The van der Waals surface area contributed by atoms with Crippen molar-refractivity contribution in [2.75, 3.05) is 25.2 Å². The minimum Gasteiger partial charge on any atom is -0.380 e. The summed E-state index contributed by atoms with van der Waals surface area (Å²) < 4.78 is 31.5. The van der Waals surface area contributed by atoms with E-state index in [2.05, 4.69) is 34.0 Å². The maximum Gasteiger partial charge on any atom is 0.243 e. The Labute approximate surface area is 119 Å². The molecule has 0 aliphatic heterocycles. The van der Waals surface area contributed by atoms with E-state index in [0.717, 1.165) is 6.42 Å². The second-order valence-corrected chi connectivity index (χ2v) is 6.35. The van der Waals surface area contributed by atoms with Gasteiger partial charge in [0.2, 0.25) is 16.0 Å². The van der Waals surface area contributed by atoms with Crippen LogP contribution < -0.4 is 16.0 Å². The third kappa shape index (κ3) is 5.78. The van der Waals surface area contributed by atoms with Gasteiger partial charge in [-0.25, -0.2) is 29.0 Å². The quantitative estimate of drug-likeness (QED) is 0.336. The normalized spacial score (nSPS) is 11.8. The van der Waals surface area contributed by atoms with Crippen LogP contribution in [0.15, 0.2) is 17.3 Å². The van der Waals surface area contributed by atoms with Crippen molar-refractivity contribution in [3.63, 3.8) is 0 Å². The van der Waals surface area contributed by atoms with E-state index < -0.39 is 10.0 Å². The van der Waals surface area contributed by atoms with Crippen LogP contribution in [0.5, 0.6) is 0 Å². The Morgan fingerprint density at radius 3 is 2.50 bits per heavy atom. The first-order valence-electron chi connectivity index (χ1n) is 6.32. The zero-order valence-electron chi connectivity index (χ0n) is 11.7. The van der Waals surface area contributed by atoms with Crippen LogP contribution in [-0.4, -0.2) is 38.1 Å². The molecule has 0 bridgehead atoms. The van der Waals surface area contributed by atoms with Crippen molar-refractivity contribution in [2.45, 2.75) is 25.2 Å². The summed E-state index contributed by atoms with van der Waals surface area (Å²) in [5.41, 5.74) is 2.22. The van der Waals surface area contributed by atoms with E-state index in [0.29, 0.717) is 19.1 Å². The first kappa shape index (κ1) is 16.8. The topological polar surface area (TPSA) is 119 Å². The van der Waals surface area contributed by atoms with Crippen molar-refractivity contribution in [3.8, 4) is 0 Å². The number of hydrogen-bond donors (Lipinski definition) is 3. The van der Waals surface area contributed by atoms with Crippen molar-refractivity contribution < 1.29 is 13.2 Å². The molecule has 114 valence electrons. The first-order chi connectivity index (χ1) is 9.45. The number of hydrazine groups is 1. The number of ether oxygens (including phenoxy) is 1. The Kier molecular flexibility index (Phi) is 6.79. The van der Waals surface area contributed by atoms with Gasteiger partial charge in [-0.05, 0) is 12.3 Å². The molecular weight excluding hydrogens is 282 g/mol. The molecule has 0 saturated carbocycles. The predicted molar refractivity (Wildman–Crippen MR) is 75.3 cm³/mol. The highest BCUT2D eigenvalue weighted by Crippen LogP contribution is 2.06. The average molecular weight is 303 g/mol. The highest BCUT2D eigenvalue weighted by atomic mass is 32.2. The molecule has 1 heterocycles. The fraction of sp³-hybridized carbons (Fsp3) is 0.636. The van der Waals surface area contributed by atoms with Gasteiger partial charge in [0.1, 0.15) is 4.90 Å². The van der Waals surface area contributed by atoms with E-state index in [4.69, 9.17) is 10.6 Å². The minimum atomic E-state index is -3.61. The third-order valence-corrected chi connectivity index (χ3v) is 3.86. The number of hydrogen-bond acceptors (Lipinski definition) is 7.